The average molecular weight is 259 g/mol. The molecule has 0 saturated heterocycles. The molecule has 0 aromatic heterocycles. The van der Waals surface area contributed by atoms with Gasteiger partial charge in [0.15, 0.2) is 0 Å². The van der Waals surface area contributed by atoms with Crippen LogP contribution in [0.3, 0.4) is 0 Å². The van der Waals surface area contributed by atoms with Crippen molar-refractivity contribution in [3.05, 3.63) is 34.9 Å². The molecular weight excluding hydrogens is 239 g/mol. The lowest BCUT2D eigenvalue weighted by atomic mass is 10.0. The van der Waals surface area contributed by atoms with E-state index in [-0.39, 0.29) is 5.38 Å². The number of benzene rings is 1. The van der Waals surface area contributed by atoms with Crippen molar-refractivity contribution < 1.29 is 0 Å². The Balaban J connectivity index is 2.25. The fourth-order valence-corrected chi connectivity index (χ4v) is 2.36. The molecule has 1 aromatic carbocycles. The third-order valence-corrected chi connectivity index (χ3v) is 3.32. The first-order chi connectivity index (χ1) is 7.72. The van der Waals surface area contributed by atoms with Crippen LogP contribution in [0.5, 0.6) is 0 Å². The molecule has 0 heterocycles. The molecule has 1 rings (SSSR count). The van der Waals surface area contributed by atoms with Gasteiger partial charge in [-0.1, -0.05) is 56.3 Å². The summed E-state index contributed by atoms with van der Waals surface area (Å²) >= 11 is 12.2. The van der Waals surface area contributed by atoms with Gasteiger partial charge in [0.1, 0.15) is 0 Å². The van der Waals surface area contributed by atoms with Crippen molar-refractivity contribution >= 4 is 23.2 Å². The largest absolute Gasteiger partial charge is 0.123 e. The van der Waals surface area contributed by atoms with Crippen molar-refractivity contribution in [1.29, 1.82) is 0 Å². The molecule has 1 atom stereocenters. The van der Waals surface area contributed by atoms with E-state index in [1.165, 1.54) is 31.2 Å². The molecule has 0 fully saturated rings. The molecule has 0 aliphatic carbocycles. The summed E-state index contributed by atoms with van der Waals surface area (Å²) in [6.07, 6.45) is 7.17. The maximum absolute atomic E-state index is 6.30. The highest BCUT2D eigenvalue weighted by molar-refractivity contribution is 6.30. The minimum absolute atomic E-state index is 0.246. The summed E-state index contributed by atoms with van der Waals surface area (Å²) in [4.78, 5) is 0. The van der Waals surface area contributed by atoms with Gasteiger partial charge >= 0.3 is 0 Å². The molecule has 0 amide bonds. The second-order valence-electron chi connectivity index (χ2n) is 4.28. The summed E-state index contributed by atoms with van der Waals surface area (Å²) in [5.74, 6) is 0. The highest BCUT2D eigenvalue weighted by atomic mass is 35.5. The maximum atomic E-state index is 6.30. The van der Waals surface area contributed by atoms with Gasteiger partial charge in [0.05, 0.1) is 0 Å². The Hall–Kier alpha value is -0.200. The highest BCUT2D eigenvalue weighted by Crippen LogP contribution is 2.18. The van der Waals surface area contributed by atoms with E-state index in [9.17, 15) is 0 Å². The van der Waals surface area contributed by atoms with Gasteiger partial charge in [0, 0.05) is 10.4 Å². The van der Waals surface area contributed by atoms with Crippen LogP contribution in [0.1, 0.15) is 44.6 Å². The van der Waals surface area contributed by atoms with Crippen LogP contribution in [0.2, 0.25) is 5.02 Å². The van der Waals surface area contributed by atoms with E-state index >= 15 is 0 Å². The van der Waals surface area contributed by atoms with E-state index in [4.69, 9.17) is 23.2 Å². The van der Waals surface area contributed by atoms with Crippen LogP contribution < -0.4 is 0 Å². The summed E-state index contributed by atoms with van der Waals surface area (Å²) in [5.41, 5.74) is 1.24. The quantitative estimate of drug-likeness (QED) is 0.450. The van der Waals surface area contributed by atoms with Crippen LogP contribution in [-0.2, 0) is 6.42 Å². The van der Waals surface area contributed by atoms with Crippen molar-refractivity contribution in [3.63, 3.8) is 0 Å². The van der Waals surface area contributed by atoms with Crippen LogP contribution in [0, 0.1) is 0 Å². The minimum Gasteiger partial charge on any atom is -0.123 e. The van der Waals surface area contributed by atoms with E-state index in [0.29, 0.717) is 0 Å². The van der Waals surface area contributed by atoms with Gasteiger partial charge in [0.2, 0.25) is 0 Å². The van der Waals surface area contributed by atoms with E-state index < -0.39 is 0 Å². The van der Waals surface area contributed by atoms with Crippen molar-refractivity contribution in [1.82, 2.24) is 0 Å². The first kappa shape index (κ1) is 13.9. The van der Waals surface area contributed by atoms with Crippen LogP contribution in [0.4, 0.5) is 0 Å². The molecule has 0 saturated carbocycles. The van der Waals surface area contributed by atoms with Crippen molar-refractivity contribution in [2.45, 2.75) is 50.8 Å². The second-order valence-corrected chi connectivity index (χ2v) is 5.33. The Morgan fingerprint density at radius 2 is 2.00 bits per heavy atom. The van der Waals surface area contributed by atoms with E-state index in [1.54, 1.807) is 0 Å². The van der Waals surface area contributed by atoms with E-state index in [1.807, 2.05) is 18.2 Å². The lowest BCUT2D eigenvalue weighted by Gasteiger charge is -2.09. The Morgan fingerprint density at radius 1 is 1.19 bits per heavy atom. The molecule has 0 bridgehead atoms. The molecular formula is C14H20Cl2. The van der Waals surface area contributed by atoms with Gasteiger partial charge in [-0.2, -0.15) is 0 Å². The first-order valence-electron chi connectivity index (χ1n) is 6.11. The zero-order valence-corrected chi connectivity index (χ0v) is 11.4. The van der Waals surface area contributed by atoms with Crippen LogP contribution in [0.25, 0.3) is 0 Å². The van der Waals surface area contributed by atoms with Crippen LogP contribution in [-0.4, -0.2) is 5.38 Å². The molecule has 90 valence electrons. The molecule has 16 heavy (non-hydrogen) atoms. The Bertz CT molecular complexity index is 297. The SMILES string of the molecule is CCCCCCC(Cl)Cc1cccc(Cl)c1. The predicted molar refractivity (Wildman–Crippen MR) is 73.6 cm³/mol. The number of unbranched alkanes of at least 4 members (excludes halogenated alkanes) is 3. The lowest BCUT2D eigenvalue weighted by molar-refractivity contribution is 0.612. The van der Waals surface area contributed by atoms with Crippen LogP contribution in [0.15, 0.2) is 24.3 Å². The Labute approximate surface area is 109 Å². The maximum Gasteiger partial charge on any atom is 0.0408 e. The molecule has 0 radical (unpaired) electrons. The summed E-state index contributed by atoms with van der Waals surface area (Å²) in [5, 5.41) is 1.04. The Morgan fingerprint density at radius 3 is 2.69 bits per heavy atom. The van der Waals surface area contributed by atoms with E-state index in [0.717, 1.165) is 17.9 Å². The smallest absolute Gasteiger partial charge is 0.0408 e. The molecule has 0 spiro atoms. The summed E-state index contributed by atoms with van der Waals surface area (Å²) in [7, 11) is 0. The average Bonchev–Trinajstić information content (AvgIpc) is 2.24. The topological polar surface area (TPSA) is 0 Å². The second kappa shape index (κ2) is 7.97. The summed E-state index contributed by atoms with van der Waals surface area (Å²) in [6, 6.07) is 7.98. The molecule has 0 N–H and O–H groups in total. The van der Waals surface area contributed by atoms with Gasteiger partial charge in [-0.25, -0.2) is 0 Å². The van der Waals surface area contributed by atoms with Crippen molar-refractivity contribution in [3.8, 4) is 0 Å². The molecule has 2 heteroatoms. The Kier molecular flexibility index (Phi) is 6.91. The fourth-order valence-electron chi connectivity index (χ4n) is 1.81. The monoisotopic (exact) mass is 258 g/mol. The normalized spacial score (nSPS) is 12.7. The zero-order chi connectivity index (χ0) is 11.8. The minimum atomic E-state index is 0.246. The predicted octanol–water partition coefficient (Wildman–Crippen LogP) is 5.46. The number of hydrogen-bond acceptors (Lipinski definition) is 0. The summed E-state index contributed by atoms with van der Waals surface area (Å²) in [6.45, 7) is 2.23. The third kappa shape index (κ3) is 5.77. The van der Waals surface area contributed by atoms with Gasteiger partial charge in [0.25, 0.3) is 0 Å². The molecule has 0 aliphatic rings. The van der Waals surface area contributed by atoms with Gasteiger partial charge in [-0.05, 0) is 30.5 Å². The molecule has 1 unspecified atom stereocenters. The van der Waals surface area contributed by atoms with Crippen molar-refractivity contribution in [2.24, 2.45) is 0 Å². The van der Waals surface area contributed by atoms with Crippen molar-refractivity contribution in [2.75, 3.05) is 0 Å². The van der Waals surface area contributed by atoms with Gasteiger partial charge in [-0.15, -0.1) is 11.6 Å². The summed E-state index contributed by atoms with van der Waals surface area (Å²) < 4.78 is 0. The highest BCUT2D eigenvalue weighted by Gasteiger charge is 2.05. The third-order valence-electron chi connectivity index (χ3n) is 2.72. The standard InChI is InChI=1S/C14H20Cl2/c1-2-3-4-5-8-13(15)10-12-7-6-9-14(16)11-12/h6-7,9,11,13H,2-5,8,10H2,1H3. The molecule has 0 nitrogen and oxygen atoms in total. The molecule has 0 aliphatic heterocycles. The zero-order valence-electron chi connectivity index (χ0n) is 9.89. The van der Waals surface area contributed by atoms with Gasteiger partial charge in [-0.3, -0.25) is 0 Å². The fraction of sp³-hybridized carbons (Fsp3) is 0.571. The van der Waals surface area contributed by atoms with E-state index in [2.05, 4.69) is 13.0 Å². The van der Waals surface area contributed by atoms with Gasteiger partial charge < -0.3 is 0 Å². The number of halogens is 2. The number of hydrogen-bond donors (Lipinski definition) is 0. The lowest BCUT2D eigenvalue weighted by Crippen LogP contribution is -2.03. The number of rotatable bonds is 7. The molecule has 1 aromatic rings. The first-order valence-corrected chi connectivity index (χ1v) is 6.92. The number of alkyl halides is 1. The van der Waals surface area contributed by atoms with Crippen LogP contribution >= 0.6 is 23.2 Å².